The smallest absolute Gasteiger partial charge is 0.238 e. The second-order valence-corrected chi connectivity index (χ2v) is 8.22. The average Bonchev–Trinajstić information content (AvgIpc) is 3.42. The third-order valence-corrected chi connectivity index (χ3v) is 5.80. The van der Waals surface area contributed by atoms with E-state index in [-0.39, 0.29) is 12.7 Å². The zero-order chi connectivity index (χ0) is 22.9. The summed E-state index contributed by atoms with van der Waals surface area (Å²) in [6.45, 7) is 4.21. The Bertz CT molecular complexity index is 1410. The van der Waals surface area contributed by atoms with E-state index >= 15 is 0 Å². The van der Waals surface area contributed by atoms with Gasteiger partial charge in [0.15, 0.2) is 11.5 Å². The van der Waals surface area contributed by atoms with Crippen LogP contribution in [0, 0.1) is 25.2 Å². The maximum absolute atomic E-state index is 10.1. The van der Waals surface area contributed by atoms with Gasteiger partial charge in [-0.1, -0.05) is 71.3 Å². The first-order valence-electron chi connectivity index (χ1n) is 10.4. The maximum Gasteiger partial charge on any atom is 0.238 e. The largest absolute Gasteiger partial charge is 0.454 e. The first-order valence-corrected chi connectivity index (χ1v) is 10.8. The molecule has 6 heteroatoms. The molecular formula is C27H19ClN2O3. The van der Waals surface area contributed by atoms with Gasteiger partial charge in [0.1, 0.15) is 17.4 Å². The highest BCUT2D eigenvalue weighted by Crippen LogP contribution is 2.43. The molecule has 162 valence electrons. The molecule has 0 saturated heterocycles. The molecule has 0 radical (unpaired) electrons. The van der Waals surface area contributed by atoms with Crippen LogP contribution in [0.5, 0.6) is 11.5 Å². The summed E-state index contributed by atoms with van der Waals surface area (Å²) < 4.78 is 17.0. The summed E-state index contributed by atoms with van der Waals surface area (Å²) in [5.41, 5.74) is 5.74. The van der Waals surface area contributed by atoms with E-state index in [0.717, 1.165) is 22.3 Å². The lowest BCUT2D eigenvalue weighted by molar-refractivity contribution is 0.174. The fourth-order valence-corrected chi connectivity index (χ4v) is 3.88. The zero-order valence-corrected chi connectivity index (χ0v) is 18.8. The molecule has 33 heavy (non-hydrogen) atoms. The number of aryl methyl sites for hydroxylation is 2. The highest BCUT2D eigenvalue weighted by molar-refractivity contribution is 6.33. The highest BCUT2D eigenvalue weighted by atomic mass is 35.5. The normalized spacial score (nSPS) is 12.3. The van der Waals surface area contributed by atoms with E-state index < -0.39 is 0 Å². The number of nitriles is 1. The summed E-state index contributed by atoms with van der Waals surface area (Å²) >= 11 is 6.38. The van der Waals surface area contributed by atoms with Gasteiger partial charge in [-0.2, -0.15) is 5.26 Å². The Balaban J connectivity index is 1.65. The second kappa shape index (κ2) is 8.50. The number of furan rings is 1. The number of hydrogen-bond acceptors (Lipinski definition) is 5. The minimum absolute atomic E-state index is 0.156. The molecular weight excluding hydrogens is 436 g/mol. The molecule has 0 aliphatic carbocycles. The quantitative estimate of drug-likeness (QED) is 0.305. The minimum atomic E-state index is 0.156. The zero-order valence-electron chi connectivity index (χ0n) is 18.1. The van der Waals surface area contributed by atoms with E-state index in [1.165, 1.54) is 0 Å². The van der Waals surface area contributed by atoms with E-state index in [9.17, 15) is 5.26 Å². The Morgan fingerprint density at radius 3 is 2.15 bits per heavy atom. The van der Waals surface area contributed by atoms with E-state index in [2.05, 4.69) is 11.1 Å². The first-order chi connectivity index (χ1) is 16.0. The van der Waals surface area contributed by atoms with Crippen molar-refractivity contribution in [3.8, 4) is 40.0 Å². The lowest BCUT2D eigenvalue weighted by Crippen LogP contribution is -1.92. The van der Waals surface area contributed by atoms with Crippen LogP contribution in [0.1, 0.15) is 22.3 Å². The molecule has 4 aromatic rings. The molecule has 0 atom stereocenters. The number of benzene rings is 3. The van der Waals surface area contributed by atoms with Gasteiger partial charge in [-0.3, -0.25) is 0 Å². The van der Waals surface area contributed by atoms with E-state index in [1.54, 1.807) is 18.3 Å². The summed E-state index contributed by atoms with van der Waals surface area (Å²) in [5, 5.41) is 10.5. The van der Waals surface area contributed by atoms with Gasteiger partial charge in [-0.25, -0.2) is 4.99 Å². The number of hydrogen-bond donors (Lipinski definition) is 0. The van der Waals surface area contributed by atoms with Crippen molar-refractivity contribution in [1.82, 2.24) is 0 Å². The number of rotatable bonds is 4. The van der Waals surface area contributed by atoms with Crippen LogP contribution in [0.25, 0.3) is 22.5 Å². The molecule has 1 aliphatic heterocycles. The minimum Gasteiger partial charge on any atom is -0.454 e. The maximum atomic E-state index is 10.1. The predicted molar refractivity (Wildman–Crippen MR) is 129 cm³/mol. The molecule has 1 aliphatic rings. The van der Waals surface area contributed by atoms with Crippen molar-refractivity contribution < 1.29 is 13.9 Å². The van der Waals surface area contributed by atoms with Gasteiger partial charge >= 0.3 is 0 Å². The Morgan fingerprint density at radius 1 is 0.909 bits per heavy atom. The van der Waals surface area contributed by atoms with Gasteiger partial charge < -0.3 is 13.9 Å². The molecule has 0 bridgehead atoms. The van der Waals surface area contributed by atoms with Crippen LogP contribution < -0.4 is 9.47 Å². The van der Waals surface area contributed by atoms with Crippen molar-refractivity contribution in [2.45, 2.75) is 13.8 Å². The van der Waals surface area contributed by atoms with Crippen molar-refractivity contribution in [3.63, 3.8) is 0 Å². The summed E-state index contributed by atoms with van der Waals surface area (Å²) in [6.07, 6.45) is 1.57. The molecule has 0 amide bonds. The van der Waals surface area contributed by atoms with Gasteiger partial charge in [0.25, 0.3) is 0 Å². The lowest BCUT2D eigenvalue weighted by atomic mass is 9.97. The molecule has 0 fully saturated rings. The molecule has 2 heterocycles. The topological polar surface area (TPSA) is 67.8 Å². The van der Waals surface area contributed by atoms with E-state index in [1.807, 2.05) is 62.4 Å². The van der Waals surface area contributed by atoms with E-state index in [0.29, 0.717) is 39.0 Å². The number of fused-ring (bicyclic) bond motifs is 1. The molecule has 3 aromatic carbocycles. The third-order valence-electron chi connectivity index (χ3n) is 5.47. The lowest BCUT2D eigenvalue weighted by Gasteiger charge is -2.05. The van der Waals surface area contributed by atoms with Crippen molar-refractivity contribution in [3.05, 3.63) is 87.9 Å². The van der Waals surface area contributed by atoms with Crippen LogP contribution in [0.2, 0.25) is 5.02 Å². The number of nitrogens with zero attached hydrogens (tertiary/aromatic N) is 2. The third kappa shape index (κ3) is 3.97. The van der Waals surface area contributed by atoms with Crippen molar-refractivity contribution in [2.75, 3.05) is 6.79 Å². The van der Waals surface area contributed by atoms with E-state index in [4.69, 9.17) is 25.5 Å². The Hall–Kier alpha value is -4.01. The summed E-state index contributed by atoms with van der Waals surface area (Å²) in [4.78, 5) is 4.51. The molecule has 0 spiro atoms. The van der Waals surface area contributed by atoms with Crippen LogP contribution in [0.4, 0.5) is 5.88 Å². The number of halogens is 1. The van der Waals surface area contributed by atoms with Crippen LogP contribution in [0.15, 0.2) is 70.1 Å². The average molecular weight is 455 g/mol. The summed E-state index contributed by atoms with van der Waals surface area (Å²) in [7, 11) is 0. The van der Waals surface area contributed by atoms with Gasteiger partial charge in [0.2, 0.25) is 12.7 Å². The van der Waals surface area contributed by atoms with Crippen LogP contribution in [0.3, 0.4) is 0 Å². The Morgan fingerprint density at radius 2 is 1.52 bits per heavy atom. The first kappa shape index (κ1) is 20.9. The van der Waals surface area contributed by atoms with Crippen LogP contribution in [-0.2, 0) is 0 Å². The van der Waals surface area contributed by atoms with Gasteiger partial charge in [-0.05, 0) is 25.5 Å². The molecule has 1 aromatic heterocycles. The van der Waals surface area contributed by atoms with Crippen LogP contribution >= 0.6 is 11.6 Å². The predicted octanol–water partition coefficient (Wildman–Crippen LogP) is 7.23. The molecule has 0 saturated carbocycles. The monoisotopic (exact) mass is 454 g/mol. The molecule has 5 rings (SSSR count). The molecule has 0 unspecified atom stereocenters. The van der Waals surface area contributed by atoms with Crippen molar-refractivity contribution in [1.29, 1.82) is 5.26 Å². The Kier molecular flexibility index (Phi) is 5.37. The standard InChI is InChI=1S/C27H19ClN2O3/c1-16-3-7-18(8-4-16)25-21(13-29)27(33-26(25)19-9-5-17(2)6-10-19)30-14-20-11-23-24(12-22(20)28)32-15-31-23/h3-12,14H,15H2,1-2H3. The number of aliphatic imine (C=N–C) groups is 1. The van der Waals surface area contributed by atoms with Gasteiger partial charge in [0.05, 0.1) is 5.02 Å². The number of ether oxygens (including phenoxy) is 2. The van der Waals surface area contributed by atoms with Gasteiger partial charge in [0, 0.05) is 29.0 Å². The summed E-state index contributed by atoms with van der Waals surface area (Å²) in [6, 6.07) is 21.7. The van der Waals surface area contributed by atoms with Crippen molar-refractivity contribution in [2.24, 2.45) is 4.99 Å². The molecule has 5 nitrogen and oxygen atoms in total. The highest BCUT2D eigenvalue weighted by Gasteiger charge is 2.23. The Labute approximate surface area is 196 Å². The SMILES string of the molecule is Cc1ccc(-c2oc(N=Cc3cc4c(cc3Cl)OCO4)c(C#N)c2-c2ccc(C)cc2)cc1. The van der Waals surface area contributed by atoms with Crippen LogP contribution in [-0.4, -0.2) is 13.0 Å². The van der Waals surface area contributed by atoms with Crippen molar-refractivity contribution >= 4 is 23.7 Å². The fraction of sp³-hybridized carbons (Fsp3) is 0.111. The van der Waals surface area contributed by atoms with Gasteiger partial charge in [-0.15, -0.1) is 0 Å². The molecule has 0 N–H and O–H groups in total. The summed E-state index contributed by atoms with van der Waals surface area (Å²) in [5.74, 6) is 2.01. The second-order valence-electron chi connectivity index (χ2n) is 7.82. The fourth-order valence-electron chi connectivity index (χ4n) is 3.68.